The molecule has 102 valence electrons. The summed E-state index contributed by atoms with van der Waals surface area (Å²) in [6.07, 6.45) is 1.80. The van der Waals surface area contributed by atoms with Gasteiger partial charge in [0.05, 0.1) is 18.0 Å². The highest BCUT2D eigenvalue weighted by Crippen LogP contribution is 2.27. The number of rotatable bonds is 3. The normalized spacial score (nSPS) is 16.0. The zero-order valence-corrected chi connectivity index (χ0v) is 12.8. The molecule has 1 aliphatic rings. The zero-order chi connectivity index (χ0) is 14.1. The fourth-order valence-electron chi connectivity index (χ4n) is 1.38. The van der Waals surface area contributed by atoms with Crippen LogP contribution in [-0.2, 0) is 17.4 Å². The first-order chi connectivity index (χ1) is 9.17. The lowest BCUT2D eigenvalue weighted by Gasteiger charge is -1.98. The van der Waals surface area contributed by atoms with E-state index in [9.17, 15) is 4.79 Å². The minimum atomic E-state index is -0.233. The molecule has 1 aromatic carbocycles. The summed E-state index contributed by atoms with van der Waals surface area (Å²) >= 11 is 6.07. The average Bonchev–Trinajstić information content (AvgIpc) is 2.71. The van der Waals surface area contributed by atoms with E-state index in [1.54, 1.807) is 6.08 Å². The number of aliphatic imine (C=N–C) groups is 1. The topological polar surface area (TPSA) is 46.0 Å². The van der Waals surface area contributed by atoms with Gasteiger partial charge in [0.15, 0.2) is 0 Å². The Balaban J connectivity index is 0.000000312. The molecule has 0 spiro atoms. The van der Waals surface area contributed by atoms with Crippen molar-refractivity contribution in [2.24, 2.45) is 4.99 Å². The fourth-order valence-corrected chi connectivity index (χ4v) is 2.38. The van der Waals surface area contributed by atoms with Gasteiger partial charge in [-0.05, 0) is 29.9 Å². The number of thioether (sulfide) groups is 1. The fraction of sp³-hybridized carbons (Fsp3) is 0.286. The van der Waals surface area contributed by atoms with Crippen molar-refractivity contribution < 1.29 is 10.1 Å². The van der Waals surface area contributed by atoms with Crippen molar-refractivity contribution in [1.29, 1.82) is 0 Å². The zero-order valence-electron chi connectivity index (χ0n) is 11.1. The van der Waals surface area contributed by atoms with Gasteiger partial charge in [0.1, 0.15) is 0 Å². The van der Waals surface area contributed by atoms with Crippen molar-refractivity contribution >= 4 is 40.7 Å². The smallest absolute Gasteiger partial charge is 0.282 e. The van der Waals surface area contributed by atoms with Gasteiger partial charge in [-0.25, -0.2) is 4.99 Å². The summed E-state index contributed by atoms with van der Waals surface area (Å²) in [6.45, 7) is 6.75. The molecule has 0 radical (unpaired) electrons. The number of amides is 1. The predicted octanol–water partition coefficient (Wildman–Crippen LogP) is 1.79. The Bertz CT molecular complexity index is 468. The van der Waals surface area contributed by atoms with Crippen LogP contribution in [0.25, 0.3) is 6.08 Å². The maximum absolute atomic E-state index is 11.2. The van der Waals surface area contributed by atoms with Gasteiger partial charge in [-0.1, -0.05) is 42.1 Å². The van der Waals surface area contributed by atoms with Crippen LogP contribution in [0.4, 0.5) is 0 Å². The van der Waals surface area contributed by atoms with Crippen molar-refractivity contribution in [3.05, 3.63) is 40.8 Å². The largest absolute Gasteiger partial charge is 0.753 e. The molecule has 0 aliphatic carbocycles. The Kier molecular flexibility index (Phi) is 7.40. The maximum Gasteiger partial charge on any atom is 0.282 e. The van der Waals surface area contributed by atoms with E-state index < -0.39 is 0 Å². The quantitative estimate of drug-likeness (QED) is 0.683. The third-order valence-electron chi connectivity index (χ3n) is 2.28. The molecule has 0 saturated carbocycles. The van der Waals surface area contributed by atoms with Crippen LogP contribution in [0.2, 0.25) is 0 Å². The lowest BCUT2D eigenvalue weighted by atomic mass is 10.2. The number of hydrogen-bond acceptors (Lipinski definition) is 3. The molecule has 1 heterocycles. The average molecular weight is 294 g/mol. The first-order valence-corrected chi connectivity index (χ1v) is 7.46. The van der Waals surface area contributed by atoms with Crippen LogP contribution in [0, 0.1) is 0 Å². The molecule has 2 rings (SSSR count). The van der Waals surface area contributed by atoms with Crippen molar-refractivity contribution in [2.45, 2.75) is 13.8 Å². The number of nitrogens with zero attached hydrogens (tertiary/aromatic N) is 1. The summed E-state index contributed by atoms with van der Waals surface area (Å²) in [6, 6.07) is 9.64. The number of carbonyl (C=O) groups is 1. The van der Waals surface area contributed by atoms with Crippen molar-refractivity contribution in [3.8, 4) is 0 Å². The van der Waals surface area contributed by atoms with Gasteiger partial charge in [0, 0.05) is 0 Å². The van der Waals surface area contributed by atoms with E-state index in [-0.39, 0.29) is 5.91 Å². The molecule has 5 heteroatoms. The Hall–Kier alpha value is -1.17. The lowest BCUT2D eigenvalue weighted by Crippen LogP contribution is -2.82. The van der Waals surface area contributed by atoms with Gasteiger partial charge in [-0.3, -0.25) is 4.79 Å². The molecule has 0 aromatic heterocycles. The number of carbonyl (C=O) groups excluding carboxylic acids is 1. The van der Waals surface area contributed by atoms with Crippen LogP contribution in [0.3, 0.4) is 0 Å². The predicted molar refractivity (Wildman–Crippen MR) is 84.8 cm³/mol. The van der Waals surface area contributed by atoms with Crippen LogP contribution < -0.4 is 5.32 Å². The third-order valence-corrected chi connectivity index (χ3v) is 3.40. The lowest BCUT2D eigenvalue weighted by molar-refractivity contribution is -0.648. The monoisotopic (exact) mass is 294 g/mol. The van der Waals surface area contributed by atoms with Crippen LogP contribution in [-0.4, -0.2) is 23.4 Å². The number of benzene rings is 1. The van der Waals surface area contributed by atoms with Crippen LogP contribution >= 0.6 is 11.8 Å². The number of quaternary nitrogens is 1. The van der Waals surface area contributed by atoms with Crippen molar-refractivity contribution in [2.75, 3.05) is 13.1 Å². The van der Waals surface area contributed by atoms with Gasteiger partial charge in [0.25, 0.3) is 5.91 Å². The van der Waals surface area contributed by atoms with E-state index in [1.807, 2.05) is 30.3 Å². The van der Waals surface area contributed by atoms with Gasteiger partial charge < -0.3 is 17.9 Å². The SMILES string of the molecule is CC[NH2+]CC.O=C1N=C([S-])S/C1=C\c1ccccc1. The first kappa shape index (κ1) is 15.9. The summed E-state index contributed by atoms with van der Waals surface area (Å²) in [4.78, 5) is 15.5. The van der Waals surface area contributed by atoms with E-state index >= 15 is 0 Å². The van der Waals surface area contributed by atoms with E-state index in [0.29, 0.717) is 9.28 Å². The van der Waals surface area contributed by atoms with E-state index in [0.717, 1.165) is 5.56 Å². The molecule has 2 N–H and O–H groups in total. The second kappa shape index (κ2) is 8.85. The Labute approximate surface area is 124 Å². The molecule has 1 amide bonds. The van der Waals surface area contributed by atoms with Crippen molar-refractivity contribution in [1.82, 2.24) is 0 Å². The molecule has 1 aliphatic heterocycles. The molecule has 3 nitrogen and oxygen atoms in total. The second-order valence-electron chi connectivity index (χ2n) is 3.81. The molecule has 0 bridgehead atoms. The molecular weight excluding hydrogens is 276 g/mol. The summed E-state index contributed by atoms with van der Waals surface area (Å²) in [5, 5.41) is 2.25. The highest BCUT2D eigenvalue weighted by molar-refractivity contribution is 8.30. The Morgan fingerprint density at radius 3 is 2.32 bits per heavy atom. The summed E-state index contributed by atoms with van der Waals surface area (Å²) < 4.78 is 0.400. The molecule has 0 fully saturated rings. The summed E-state index contributed by atoms with van der Waals surface area (Å²) in [5.74, 6) is -0.233. The van der Waals surface area contributed by atoms with Crippen molar-refractivity contribution in [3.63, 3.8) is 0 Å². The molecule has 0 saturated heterocycles. The van der Waals surface area contributed by atoms with Gasteiger partial charge in [-0.15, -0.1) is 0 Å². The Morgan fingerprint density at radius 1 is 1.26 bits per heavy atom. The van der Waals surface area contributed by atoms with Gasteiger partial charge in [0.2, 0.25) is 0 Å². The molecule has 0 unspecified atom stereocenters. The maximum atomic E-state index is 11.2. The van der Waals surface area contributed by atoms with Crippen LogP contribution in [0.15, 0.2) is 40.2 Å². The summed E-state index contributed by atoms with van der Waals surface area (Å²) in [7, 11) is 0. The van der Waals surface area contributed by atoms with Crippen LogP contribution in [0.5, 0.6) is 0 Å². The highest BCUT2D eigenvalue weighted by atomic mass is 32.2. The Morgan fingerprint density at radius 2 is 1.89 bits per heavy atom. The highest BCUT2D eigenvalue weighted by Gasteiger charge is 2.14. The minimum absolute atomic E-state index is 0.233. The van der Waals surface area contributed by atoms with Gasteiger partial charge >= 0.3 is 0 Å². The number of hydrogen-bond donors (Lipinski definition) is 1. The molecular formula is C14H18N2OS2. The van der Waals surface area contributed by atoms with Crippen LogP contribution in [0.1, 0.15) is 19.4 Å². The van der Waals surface area contributed by atoms with E-state index in [1.165, 1.54) is 24.9 Å². The van der Waals surface area contributed by atoms with E-state index in [2.05, 4.69) is 24.2 Å². The minimum Gasteiger partial charge on any atom is -0.753 e. The summed E-state index contributed by atoms with van der Waals surface area (Å²) in [5.41, 5.74) is 0.989. The third kappa shape index (κ3) is 6.00. The second-order valence-corrected chi connectivity index (χ2v) is 5.49. The molecule has 19 heavy (non-hydrogen) atoms. The molecule has 1 aromatic rings. The van der Waals surface area contributed by atoms with Gasteiger partial charge in [-0.2, -0.15) is 0 Å². The first-order valence-electron chi connectivity index (χ1n) is 6.23. The molecule has 0 atom stereocenters. The standard InChI is InChI=1S/C10H7NOS2.C4H11N/c12-9-8(14-10(13)11-9)6-7-4-2-1-3-5-7;1-3-5-4-2/h1-6H,(H,11,12,13);5H,3-4H2,1-2H3/b8-6-;. The number of nitrogens with two attached hydrogens (primary N) is 1. The van der Waals surface area contributed by atoms with E-state index in [4.69, 9.17) is 12.6 Å².